The van der Waals surface area contributed by atoms with Crippen LogP contribution < -0.4 is 11.1 Å². The first kappa shape index (κ1) is 12.0. The van der Waals surface area contributed by atoms with E-state index in [2.05, 4.69) is 27.9 Å². The zero-order chi connectivity index (χ0) is 11.6. The van der Waals surface area contributed by atoms with Crippen molar-refractivity contribution in [3.05, 3.63) is 21.8 Å². The fourth-order valence-electron chi connectivity index (χ4n) is 2.14. The van der Waals surface area contributed by atoms with Gasteiger partial charge in [-0.2, -0.15) is 0 Å². The molecule has 0 bridgehead atoms. The van der Waals surface area contributed by atoms with Crippen molar-refractivity contribution in [2.45, 2.75) is 31.3 Å². The third-order valence-electron chi connectivity index (χ3n) is 3.14. The lowest BCUT2D eigenvalue weighted by atomic mass is 10.0. The topological polar surface area (TPSA) is 58.3 Å². The normalized spacial score (nSPS) is 18.6. The molecule has 0 aromatic heterocycles. The maximum absolute atomic E-state index is 10.2. The SMILES string of the molecule is Nc1ccc(NCC2(O)CCCC2)c(I)c1. The van der Waals surface area contributed by atoms with Crippen LogP contribution in [0, 0.1) is 3.57 Å². The Hall–Kier alpha value is -0.490. The van der Waals surface area contributed by atoms with Gasteiger partial charge in [0.15, 0.2) is 0 Å². The highest BCUT2D eigenvalue weighted by Gasteiger charge is 2.30. The average Bonchev–Trinajstić information content (AvgIpc) is 2.64. The molecule has 1 fully saturated rings. The molecule has 3 nitrogen and oxygen atoms in total. The maximum atomic E-state index is 10.2. The fraction of sp³-hybridized carbons (Fsp3) is 0.500. The van der Waals surface area contributed by atoms with Crippen molar-refractivity contribution in [1.29, 1.82) is 0 Å². The maximum Gasteiger partial charge on any atom is 0.0819 e. The highest BCUT2D eigenvalue weighted by Crippen LogP contribution is 2.30. The van der Waals surface area contributed by atoms with Crippen LogP contribution in [0.1, 0.15) is 25.7 Å². The smallest absolute Gasteiger partial charge is 0.0819 e. The summed E-state index contributed by atoms with van der Waals surface area (Å²) in [5, 5.41) is 13.5. The molecule has 0 amide bonds. The van der Waals surface area contributed by atoms with Crippen molar-refractivity contribution in [2.75, 3.05) is 17.6 Å². The average molecular weight is 332 g/mol. The van der Waals surface area contributed by atoms with Crippen molar-refractivity contribution >= 4 is 34.0 Å². The standard InChI is InChI=1S/C12H17IN2O/c13-10-7-9(14)3-4-11(10)15-8-12(16)5-1-2-6-12/h3-4,7,15-16H,1-2,5-6,8,14H2. The van der Waals surface area contributed by atoms with Crippen molar-refractivity contribution < 1.29 is 5.11 Å². The predicted octanol–water partition coefficient (Wildman–Crippen LogP) is 2.59. The first-order chi connectivity index (χ1) is 7.59. The Bertz CT molecular complexity index is 375. The number of hydrogen-bond acceptors (Lipinski definition) is 3. The Kier molecular flexibility index (Phi) is 3.59. The Labute approximate surface area is 110 Å². The molecule has 0 unspecified atom stereocenters. The van der Waals surface area contributed by atoms with Gasteiger partial charge in [-0.25, -0.2) is 0 Å². The van der Waals surface area contributed by atoms with Crippen molar-refractivity contribution in [2.24, 2.45) is 0 Å². The van der Waals surface area contributed by atoms with E-state index in [1.165, 1.54) is 0 Å². The van der Waals surface area contributed by atoms with E-state index in [0.717, 1.165) is 40.6 Å². The lowest BCUT2D eigenvalue weighted by Gasteiger charge is -2.23. The molecule has 1 aromatic carbocycles. The summed E-state index contributed by atoms with van der Waals surface area (Å²) in [5.74, 6) is 0. The van der Waals surface area contributed by atoms with Gasteiger partial charge in [-0.3, -0.25) is 0 Å². The first-order valence-corrected chi connectivity index (χ1v) is 6.68. The van der Waals surface area contributed by atoms with Crippen LogP contribution in [0.15, 0.2) is 18.2 Å². The van der Waals surface area contributed by atoms with Gasteiger partial charge < -0.3 is 16.2 Å². The summed E-state index contributed by atoms with van der Waals surface area (Å²) in [6, 6.07) is 5.78. The van der Waals surface area contributed by atoms with Gasteiger partial charge in [0.05, 0.1) is 5.60 Å². The molecule has 0 heterocycles. The summed E-state index contributed by atoms with van der Waals surface area (Å²) < 4.78 is 1.10. The second-order valence-electron chi connectivity index (χ2n) is 4.52. The molecule has 4 N–H and O–H groups in total. The van der Waals surface area contributed by atoms with Crippen LogP contribution in [0.3, 0.4) is 0 Å². The second-order valence-corrected chi connectivity index (χ2v) is 5.69. The summed E-state index contributed by atoms with van der Waals surface area (Å²) in [5.41, 5.74) is 7.00. The summed E-state index contributed by atoms with van der Waals surface area (Å²) >= 11 is 2.25. The lowest BCUT2D eigenvalue weighted by Crippen LogP contribution is -2.33. The molecular weight excluding hydrogens is 315 g/mol. The number of nitrogen functional groups attached to an aromatic ring is 1. The van der Waals surface area contributed by atoms with Gasteiger partial charge in [0.2, 0.25) is 0 Å². The number of hydrogen-bond donors (Lipinski definition) is 3. The van der Waals surface area contributed by atoms with E-state index in [0.29, 0.717) is 6.54 Å². The minimum atomic E-state index is -0.509. The van der Waals surface area contributed by atoms with Crippen molar-refractivity contribution in [3.8, 4) is 0 Å². The largest absolute Gasteiger partial charge is 0.399 e. The molecule has 0 radical (unpaired) electrons. The molecule has 0 aliphatic heterocycles. The van der Waals surface area contributed by atoms with Crippen molar-refractivity contribution in [1.82, 2.24) is 0 Å². The molecule has 1 aliphatic rings. The van der Waals surface area contributed by atoms with E-state index < -0.39 is 5.60 Å². The first-order valence-electron chi connectivity index (χ1n) is 5.60. The van der Waals surface area contributed by atoms with Crippen LogP contribution in [0.2, 0.25) is 0 Å². The van der Waals surface area contributed by atoms with Crippen LogP contribution >= 0.6 is 22.6 Å². The van der Waals surface area contributed by atoms with E-state index in [9.17, 15) is 5.11 Å². The molecule has 2 rings (SSSR count). The van der Waals surface area contributed by atoms with E-state index in [1.807, 2.05) is 18.2 Å². The zero-order valence-electron chi connectivity index (χ0n) is 9.17. The highest BCUT2D eigenvalue weighted by atomic mass is 127. The van der Waals surface area contributed by atoms with E-state index >= 15 is 0 Å². The number of aliphatic hydroxyl groups is 1. The van der Waals surface area contributed by atoms with Gasteiger partial charge in [0.25, 0.3) is 0 Å². The Morgan fingerprint density at radius 3 is 2.69 bits per heavy atom. The number of nitrogens with one attached hydrogen (secondary N) is 1. The summed E-state index contributed by atoms with van der Waals surface area (Å²) in [7, 11) is 0. The Morgan fingerprint density at radius 2 is 2.06 bits per heavy atom. The monoisotopic (exact) mass is 332 g/mol. The number of rotatable bonds is 3. The number of anilines is 2. The van der Waals surface area contributed by atoms with Gasteiger partial charge in [0, 0.05) is 21.5 Å². The minimum absolute atomic E-state index is 0.509. The second kappa shape index (κ2) is 4.79. The predicted molar refractivity (Wildman–Crippen MR) is 75.5 cm³/mol. The summed E-state index contributed by atoms with van der Waals surface area (Å²) in [4.78, 5) is 0. The summed E-state index contributed by atoms with van der Waals surface area (Å²) in [6.45, 7) is 0.632. The molecule has 88 valence electrons. The third-order valence-corrected chi connectivity index (χ3v) is 4.03. The van der Waals surface area contributed by atoms with Crippen molar-refractivity contribution in [3.63, 3.8) is 0 Å². The number of benzene rings is 1. The number of nitrogens with two attached hydrogens (primary N) is 1. The van der Waals surface area contributed by atoms with E-state index in [-0.39, 0.29) is 0 Å². The molecule has 1 saturated carbocycles. The molecule has 1 aliphatic carbocycles. The number of halogens is 1. The zero-order valence-corrected chi connectivity index (χ0v) is 11.3. The quantitative estimate of drug-likeness (QED) is 0.589. The van der Waals surface area contributed by atoms with Crippen LogP contribution in [-0.4, -0.2) is 17.3 Å². The van der Waals surface area contributed by atoms with Gasteiger partial charge in [-0.15, -0.1) is 0 Å². The van der Waals surface area contributed by atoms with Crippen LogP contribution in [0.4, 0.5) is 11.4 Å². The van der Waals surface area contributed by atoms with Crippen LogP contribution in [0.5, 0.6) is 0 Å². The van der Waals surface area contributed by atoms with Gasteiger partial charge in [-0.05, 0) is 53.6 Å². The summed E-state index contributed by atoms with van der Waals surface area (Å²) in [6.07, 6.45) is 4.09. The van der Waals surface area contributed by atoms with Gasteiger partial charge in [0.1, 0.15) is 0 Å². The van der Waals surface area contributed by atoms with Crippen LogP contribution in [-0.2, 0) is 0 Å². The van der Waals surface area contributed by atoms with Gasteiger partial charge in [-0.1, -0.05) is 12.8 Å². The van der Waals surface area contributed by atoms with Gasteiger partial charge >= 0.3 is 0 Å². The molecule has 1 aromatic rings. The minimum Gasteiger partial charge on any atom is -0.399 e. The molecule has 0 saturated heterocycles. The lowest BCUT2D eigenvalue weighted by molar-refractivity contribution is 0.0614. The highest BCUT2D eigenvalue weighted by molar-refractivity contribution is 14.1. The Morgan fingerprint density at radius 1 is 1.38 bits per heavy atom. The molecule has 4 heteroatoms. The molecular formula is C12H17IN2O. The van der Waals surface area contributed by atoms with Crippen LogP contribution in [0.25, 0.3) is 0 Å². The van der Waals surface area contributed by atoms with E-state index in [4.69, 9.17) is 5.73 Å². The molecule has 0 atom stereocenters. The van der Waals surface area contributed by atoms with E-state index in [1.54, 1.807) is 0 Å². The third kappa shape index (κ3) is 2.79. The molecule has 0 spiro atoms. The Balaban J connectivity index is 1.99. The molecule has 16 heavy (non-hydrogen) atoms. The fourth-order valence-corrected chi connectivity index (χ4v) is 2.87.